The van der Waals surface area contributed by atoms with Crippen molar-refractivity contribution in [1.29, 1.82) is 0 Å². The normalized spacial score (nSPS) is 20.2. The number of ketones is 1. The summed E-state index contributed by atoms with van der Waals surface area (Å²) in [6.07, 6.45) is 6.00. The number of esters is 1. The minimum atomic E-state index is -0.303. The van der Waals surface area contributed by atoms with Crippen molar-refractivity contribution in [3.05, 3.63) is 47.5 Å². The van der Waals surface area contributed by atoms with E-state index in [9.17, 15) is 9.59 Å². The Morgan fingerprint density at radius 2 is 2.04 bits per heavy atom. The summed E-state index contributed by atoms with van der Waals surface area (Å²) in [5.74, 6) is -0.397. The van der Waals surface area contributed by atoms with Gasteiger partial charge in [-0.25, -0.2) is 0 Å². The molecule has 5 heteroatoms. The lowest BCUT2D eigenvalue weighted by Crippen LogP contribution is -2.24. The van der Waals surface area contributed by atoms with Gasteiger partial charge in [0.05, 0.1) is 23.8 Å². The van der Waals surface area contributed by atoms with E-state index in [1.54, 1.807) is 0 Å². The third kappa shape index (κ3) is 3.41. The van der Waals surface area contributed by atoms with Crippen molar-refractivity contribution in [3.8, 4) is 0 Å². The van der Waals surface area contributed by atoms with Gasteiger partial charge in [0.2, 0.25) is 5.78 Å². The average Bonchev–Trinajstić information content (AvgIpc) is 3.07. The molecule has 0 fully saturated rings. The highest BCUT2D eigenvalue weighted by atomic mass is 16.5. The summed E-state index contributed by atoms with van der Waals surface area (Å²) in [6, 6.07) is 5.49. The van der Waals surface area contributed by atoms with Gasteiger partial charge in [0.25, 0.3) is 0 Å². The number of Topliss-reactive ketones (excluding diaryl/α,β-unsaturated/α-hetero) is 1. The quantitative estimate of drug-likeness (QED) is 0.628. The van der Waals surface area contributed by atoms with Gasteiger partial charge in [0.1, 0.15) is 0 Å². The van der Waals surface area contributed by atoms with E-state index in [0.717, 1.165) is 24.1 Å². The fraction of sp³-hybridized carbons (Fsp3) is 0.500. The van der Waals surface area contributed by atoms with Crippen LogP contribution < -0.4 is 0 Å². The van der Waals surface area contributed by atoms with Gasteiger partial charge in [-0.05, 0) is 63.8 Å². The van der Waals surface area contributed by atoms with Crippen molar-refractivity contribution >= 4 is 11.8 Å². The summed E-state index contributed by atoms with van der Waals surface area (Å²) in [5, 5.41) is 0. The van der Waals surface area contributed by atoms with Crippen LogP contribution in [0.3, 0.4) is 0 Å². The monoisotopic (exact) mass is 342 g/mol. The Morgan fingerprint density at radius 3 is 2.68 bits per heavy atom. The molecule has 5 nitrogen and oxygen atoms in total. The van der Waals surface area contributed by atoms with E-state index in [1.165, 1.54) is 0 Å². The van der Waals surface area contributed by atoms with Crippen LogP contribution in [0.4, 0.5) is 0 Å². The average molecular weight is 342 g/mol. The molecule has 1 aliphatic heterocycles. The number of ether oxygens (including phenoxy) is 1. The Morgan fingerprint density at radius 1 is 1.28 bits per heavy atom. The van der Waals surface area contributed by atoms with E-state index >= 15 is 0 Å². The highest BCUT2D eigenvalue weighted by Crippen LogP contribution is 2.36. The Hall–Kier alpha value is -2.30. The smallest absolute Gasteiger partial charge is 0.315 e. The van der Waals surface area contributed by atoms with E-state index in [2.05, 4.69) is 0 Å². The topological polar surface area (TPSA) is 53.2 Å². The van der Waals surface area contributed by atoms with Crippen LogP contribution in [0.15, 0.2) is 30.6 Å². The summed E-state index contributed by atoms with van der Waals surface area (Å²) < 4.78 is 9.32. The summed E-state index contributed by atoms with van der Waals surface area (Å²) in [7, 11) is 1.88. The van der Waals surface area contributed by atoms with Crippen LogP contribution in [0.1, 0.15) is 66.8 Å². The molecule has 0 aromatic carbocycles. The van der Waals surface area contributed by atoms with Gasteiger partial charge >= 0.3 is 5.97 Å². The molecule has 1 aliphatic rings. The molecule has 0 radical (unpaired) electrons. The molecule has 0 spiro atoms. The predicted octanol–water partition coefficient (Wildman–Crippen LogP) is 3.78. The van der Waals surface area contributed by atoms with Gasteiger partial charge in [0.15, 0.2) is 0 Å². The molecule has 0 amide bonds. The van der Waals surface area contributed by atoms with E-state index in [1.807, 2.05) is 67.5 Å². The zero-order valence-electron chi connectivity index (χ0n) is 15.4. The highest BCUT2D eigenvalue weighted by molar-refractivity contribution is 5.98. The van der Waals surface area contributed by atoms with Crippen LogP contribution in [-0.4, -0.2) is 27.0 Å². The molecular formula is C20H26N2O3. The Labute approximate surface area is 148 Å². The zero-order chi connectivity index (χ0) is 18.1. The van der Waals surface area contributed by atoms with Crippen molar-refractivity contribution < 1.29 is 14.3 Å². The van der Waals surface area contributed by atoms with Gasteiger partial charge < -0.3 is 13.9 Å². The Bertz CT molecular complexity index is 785. The lowest BCUT2D eigenvalue weighted by molar-refractivity contribution is -0.149. The van der Waals surface area contributed by atoms with Crippen molar-refractivity contribution in [3.63, 3.8) is 0 Å². The van der Waals surface area contributed by atoms with Crippen LogP contribution >= 0.6 is 0 Å². The van der Waals surface area contributed by atoms with Crippen molar-refractivity contribution in [2.45, 2.75) is 58.1 Å². The molecule has 3 rings (SSSR count). The fourth-order valence-corrected chi connectivity index (χ4v) is 3.69. The molecule has 2 atom stereocenters. The number of rotatable bonds is 4. The van der Waals surface area contributed by atoms with E-state index < -0.39 is 0 Å². The highest BCUT2D eigenvalue weighted by Gasteiger charge is 2.34. The number of carbonyl (C=O) groups is 2. The Kier molecular flexibility index (Phi) is 4.84. The Balaban J connectivity index is 1.98. The third-order valence-electron chi connectivity index (χ3n) is 4.81. The molecule has 0 saturated heterocycles. The van der Waals surface area contributed by atoms with Crippen LogP contribution in [0.2, 0.25) is 0 Å². The maximum Gasteiger partial charge on any atom is 0.315 e. The van der Waals surface area contributed by atoms with Gasteiger partial charge in [-0.2, -0.15) is 0 Å². The first kappa shape index (κ1) is 17.5. The number of aromatic nitrogens is 2. The molecule has 0 N–H and O–H groups in total. The maximum atomic E-state index is 13.1. The predicted molar refractivity (Wildman–Crippen MR) is 95.8 cm³/mol. The van der Waals surface area contributed by atoms with Crippen LogP contribution in [0, 0.1) is 6.92 Å². The number of hydrogen-bond donors (Lipinski definition) is 0. The first-order chi connectivity index (χ1) is 11.9. The number of nitrogens with zero attached hydrogens (tertiary/aromatic N) is 2. The zero-order valence-corrected chi connectivity index (χ0v) is 15.4. The van der Waals surface area contributed by atoms with Crippen molar-refractivity contribution in [2.24, 2.45) is 7.05 Å². The first-order valence-corrected chi connectivity index (χ1v) is 8.93. The molecule has 0 bridgehead atoms. The summed E-state index contributed by atoms with van der Waals surface area (Å²) in [6.45, 7) is 5.72. The molecule has 2 unspecified atom stereocenters. The van der Waals surface area contributed by atoms with Crippen LogP contribution in [0.25, 0.3) is 0 Å². The largest absolute Gasteiger partial charge is 0.462 e. The summed E-state index contributed by atoms with van der Waals surface area (Å²) >= 11 is 0. The first-order valence-electron chi connectivity index (χ1n) is 8.93. The van der Waals surface area contributed by atoms with Crippen molar-refractivity contribution in [2.75, 3.05) is 0 Å². The molecule has 2 aromatic heterocycles. The van der Waals surface area contributed by atoms with E-state index in [-0.39, 0.29) is 29.8 Å². The van der Waals surface area contributed by atoms with Gasteiger partial charge in [-0.1, -0.05) is 0 Å². The standard InChI is InChI=1S/C20H26N2O3/c1-13(2)25-20(24)15-7-5-8-17(22-12-14(3)11-18(15)22)19(23)16-9-6-10-21(16)4/h6,9-13,15,17H,5,7-8H2,1-4H3. The lowest BCUT2D eigenvalue weighted by Gasteiger charge is -2.20. The fourth-order valence-electron chi connectivity index (χ4n) is 3.69. The minimum Gasteiger partial charge on any atom is -0.462 e. The van der Waals surface area contributed by atoms with E-state index in [0.29, 0.717) is 12.1 Å². The second-order valence-corrected chi connectivity index (χ2v) is 7.20. The number of fused-ring (bicyclic) bond motifs is 1. The number of carbonyl (C=O) groups excluding carboxylic acids is 2. The molecule has 134 valence electrons. The number of hydrogen-bond acceptors (Lipinski definition) is 3. The van der Waals surface area contributed by atoms with Gasteiger partial charge in [-0.15, -0.1) is 0 Å². The molecular weight excluding hydrogens is 316 g/mol. The SMILES string of the molecule is Cc1cc2n(c1)C(C(=O)c1cccn1C)CCCC2C(=O)OC(C)C. The van der Waals surface area contributed by atoms with Crippen molar-refractivity contribution in [1.82, 2.24) is 9.13 Å². The molecule has 0 saturated carbocycles. The molecule has 3 heterocycles. The van der Waals surface area contributed by atoms with E-state index in [4.69, 9.17) is 4.74 Å². The minimum absolute atomic E-state index is 0.0993. The third-order valence-corrected chi connectivity index (χ3v) is 4.81. The summed E-state index contributed by atoms with van der Waals surface area (Å²) in [5.41, 5.74) is 2.66. The lowest BCUT2D eigenvalue weighted by atomic mass is 9.98. The molecule has 0 aliphatic carbocycles. The van der Waals surface area contributed by atoms with Gasteiger partial charge in [0, 0.05) is 25.1 Å². The maximum absolute atomic E-state index is 13.1. The second-order valence-electron chi connectivity index (χ2n) is 7.20. The van der Waals surface area contributed by atoms with Gasteiger partial charge in [-0.3, -0.25) is 9.59 Å². The molecule has 25 heavy (non-hydrogen) atoms. The van der Waals surface area contributed by atoms with Crippen LogP contribution in [-0.2, 0) is 16.6 Å². The second kappa shape index (κ2) is 6.90. The number of aryl methyl sites for hydroxylation is 2. The molecule has 2 aromatic rings. The van der Waals surface area contributed by atoms with Crippen LogP contribution in [0.5, 0.6) is 0 Å². The summed E-state index contributed by atoms with van der Waals surface area (Å²) in [4.78, 5) is 25.7.